The molecule has 106 valence electrons. The van der Waals surface area contributed by atoms with Gasteiger partial charge in [0.15, 0.2) is 0 Å². The van der Waals surface area contributed by atoms with Gasteiger partial charge >= 0.3 is 0 Å². The Hall–Kier alpha value is -1.81. The Morgan fingerprint density at radius 3 is 3.00 bits per heavy atom. The number of methoxy groups -OCH3 is 1. The average Bonchev–Trinajstić information content (AvgIpc) is 2.47. The molecule has 0 radical (unpaired) electrons. The predicted octanol–water partition coefficient (Wildman–Crippen LogP) is 3.06. The fraction of sp³-hybridized carbons (Fsp3) is 0.438. The molecule has 0 saturated heterocycles. The number of pyridine rings is 1. The summed E-state index contributed by atoms with van der Waals surface area (Å²) in [6.45, 7) is 6.48. The molecule has 3 rings (SSSR count). The topological polar surface area (TPSA) is 43.4 Å². The van der Waals surface area contributed by atoms with E-state index < -0.39 is 0 Å². The van der Waals surface area contributed by atoms with Gasteiger partial charge in [-0.05, 0) is 25.5 Å². The fourth-order valence-corrected chi connectivity index (χ4v) is 2.84. The first-order chi connectivity index (χ1) is 9.76. The van der Waals surface area contributed by atoms with Crippen molar-refractivity contribution in [1.29, 1.82) is 0 Å². The molecule has 0 fully saturated rings. The summed E-state index contributed by atoms with van der Waals surface area (Å²) in [6.07, 6.45) is 0.862. The van der Waals surface area contributed by atoms with Crippen LogP contribution in [0.4, 0.5) is 5.69 Å². The van der Waals surface area contributed by atoms with Gasteiger partial charge in [-0.2, -0.15) is 0 Å². The van der Waals surface area contributed by atoms with Crippen LogP contribution in [0.5, 0.6) is 5.75 Å². The van der Waals surface area contributed by atoms with Gasteiger partial charge in [0, 0.05) is 23.9 Å². The quantitative estimate of drug-likeness (QED) is 0.932. The second-order valence-corrected chi connectivity index (χ2v) is 5.05. The van der Waals surface area contributed by atoms with Gasteiger partial charge in [-0.1, -0.05) is 6.07 Å². The maximum atomic E-state index is 5.62. The number of rotatable bonds is 3. The number of nitrogens with one attached hydrogen (secondary N) is 1. The van der Waals surface area contributed by atoms with E-state index in [4.69, 9.17) is 14.5 Å². The third kappa shape index (κ3) is 2.00. The Balaban J connectivity index is 2.38. The summed E-state index contributed by atoms with van der Waals surface area (Å²) in [5.74, 6) is 0.832. The van der Waals surface area contributed by atoms with Crippen molar-refractivity contribution in [1.82, 2.24) is 4.98 Å². The first kappa shape index (κ1) is 13.2. The SMILES string of the molecule is CCNc1c2c(nc3c(OC)ccc(C)c13)CCOC2. The normalized spacial score (nSPS) is 14.2. The van der Waals surface area contributed by atoms with Crippen LogP contribution in [0.15, 0.2) is 12.1 Å². The molecule has 0 unspecified atom stereocenters. The maximum Gasteiger partial charge on any atom is 0.145 e. The predicted molar refractivity (Wildman–Crippen MR) is 80.6 cm³/mol. The lowest BCUT2D eigenvalue weighted by Crippen LogP contribution is -2.16. The Bertz CT molecular complexity index is 653. The Morgan fingerprint density at radius 1 is 1.40 bits per heavy atom. The van der Waals surface area contributed by atoms with Gasteiger partial charge in [0.05, 0.1) is 31.7 Å². The summed E-state index contributed by atoms with van der Waals surface area (Å²) in [6, 6.07) is 4.08. The van der Waals surface area contributed by atoms with Gasteiger partial charge in [-0.25, -0.2) is 4.98 Å². The van der Waals surface area contributed by atoms with E-state index in [0.29, 0.717) is 6.61 Å². The molecule has 0 atom stereocenters. The second-order valence-electron chi connectivity index (χ2n) is 5.05. The lowest BCUT2D eigenvalue weighted by molar-refractivity contribution is 0.110. The van der Waals surface area contributed by atoms with Crippen LogP contribution in [-0.2, 0) is 17.8 Å². The molecule has 4 heteroatoms. The van der Waals surface area contributed by atoms with Crippen LogP contribution in [0.2, 0.25) is 0 Å². The first-order valence-corrected chi connectivity index (χ1v) is 7.07. The van der Waals surface area contributed by atoms with Crippen LogP contribution in [0.3, 0.4) is 0 Å². The van der Waals surface area contributed by atoms with E-state index in [0.717, 1.165) is 47.6 Å². The number of benzene rings is 1. The largest absolute Gasteiger partial charge is 0.494 e. The molecule has 0 spiro atoms. The lowest BCUT2D eigenvalue weighted by Gasteiger charge is -2.23. The molecule has 0 amide bonds. The molecule has 2 heterocycles. The van der Waals surface area contributed by atoms with Crippen LogP contribution >= 0.6 is 0 Å². The van der Waals surface area contributed by atoms with E-state index in [-0.39, 0.29) is 0 Å². The molecule has 0 bridgehead atoms. The zero-order valence-corrected chi connectivity index (χ0v) is 12.2. The number of fused-ring (bicyclic) bond motifs is 2. The minimum Gasteiger partial charge on any atom is -0.494 e. The zero-order chi connectivity index (χ0) is 14.1. The fourth-order valence-electron chi connectivity index (χ4n) is 2.84. The molecule has 2 aromatic rings. The molecule has 1 aromatic carbocycles. The van der Waals surface area contributed by atoms with E-state index >= 15 is 0 Å². The number of aryl methyl sites for hydroxylation is 1. The highest BCUT2D eigenvalue weighted by atomic mass is 16.5. The van der Waals surface area contributed by atoms with E-state index in [2.05, 4.69) is 25.2 Å². The second kappa shape index (κ2) is 5.29. The van der Waals surface area contributed by atoms with Crippen LogP contribution < -0.4 is 10.1 Å². The van der Waals surface area contributed by atoms with Crippen molar-refractivity contribution >= 4 is 16.6 Å². The highest BCUT2D eigenvalue weighted by Gasteiger charge is 2.21. The van der Waals surface area contributed by atoms with Crippen LogP contribution in [0.25, 0.3) is 10.9 Å². The van der Waals surface area contributed by atoms with Crippen LogP contribution in [-0.4, -0.2) is 25.2 Å². The monoisotopic (exact) mass is 272 g/mol. The van der Waals surface area contributed by atoms with E-state index in [1.165, 1.54) is 11.1 Å². The first-order valence-electron chi connectivity index (χ1n) is 7.07. The minimum atomic E-state index is 0.636. The van der Waals surface area contributed by atoms with E-state index in [1.807, 2.05) is 6.07 Å². The van der Waals surface area contributed by atoms with Crippen LogP contribution in [0, 0.1) is 6.92 Å². The summed E-state index contributed by atoms with van der Waals surface area (Å²) in [5.41, 5.74) is 5.64. The van der Waals surface area contributed by atoms with Gasteiger partial charge in [0.1, 0.15) is 11.3 Å². The number of nitrogens with zero attached hydrogens (tertiary/aromatic N) is 1. The van der Waals surface area contributed by atoms with Crippen molar-refractivity contribution in [2.24, 2.45) is 0 Å². The maximum absolute atomic E-state index is 5.62. The molecule has 1 N–H and O–H groups in total. The molecule has 1 aliphatic rings. The Morgan fingerprint density at radius 2 is 2.25 bits per heavy atom. The highest BCUT2D eigenvalue weighted by molar-refractivity contribution is 5.99. The number of anilines is 1. The summed E-state index contributed by atoms with van der Waals surface area (Å²) in [7, 11) is 1.70. The third-order valence-electron chi connectivity index (χ3n) is 3.80. The van der Waals surface area contributed by atoms with E-state index in [9.17, 15) is 0 Å². The Kier molecular flexibility index (Phi) is 3.49. The van der Waals surface area contributed by atoms with E-state index in [1.54, 1.807) is 7.11 Å². The van der Waals surface area contributed by atoms with Crippen molar-refractivity contribution in [3.63, 3.8) is 0 Å². The lowest BCUT2D eigenvalue weighted by atomic mass is 9.99. The van der Waals surface area contributed by atoms with Crippen molar-refractivity contribution < 1.29 is 9.47 Å². The molecule has 4 nitrogen and oxygen atoms in total. The zero-order valence-electron chi connectivity index (χ0n) is 12.2. The van der Waals surface area contributed by atoms with Gasteiger partial charge in [0.2, 0.25) is 0 Å². The standard InChI is InChI=1S/C16H20N2O2/c1-4-17-15-11-9-20-8-7-12(11)18-16-13(19-3)6-5-10(2)14(15)16/h5-6H,4,7-9H2,1-3H3,(H,17,18). The third-order valence-corrected chi connectivity index (χ3v) is 3.80. The summed E-state index contributed by atoms with van der Waals surface area (Å²) in [4.78, 5) is 4.85. The number of hydrogen-bond acceptors (Lipinski definition) is 4. The molecule has 20 heavy (non-hydrogen) atoms. The molecular formula is C16H20N2O2. The Labute approximate surface area is 119 Å². The number of ether oxygens (including phenoxy) is 2. The van der Waals surface area contributed by atoms with Crippen molar-refractivity contribution in [2.75, 3.05) is 25.6 Å². The van der Waals surface area contributed by atoms with Gasteiger partial charge < -0.3 is 14.8 Å². The van der Waals surface area contributed by atoms with Gasteiger partial charge in [-0.15, -0.1) is 0 Å². The molecule has 1 aromatic heterocycles. The molecule has 0 aliphatic carbocycles. The smallest absolute Gasteiger partial charge is 0.145 e. The summed E-state index contributed by atoms with van der Waals surface area (Å²) in [5, 5.41) is 4.64. The average molecular weight is 272 g/mol. The minimum absolute atomic E-state index is 0.636. The highest BCUT2D eigenvalue weighted by Crippen LogP contribution is 2.37. The molecule has 1 aliphatic heterocycles. The van der Waals surface area contributed by atoms with Crippen molar-refractivity contribution in [3.8, 4) is 5.75 Å². The van der Waals surface area contributed by atoms with Crippen molar-refractivity contribution in [2.45, 2.75) is 26.9 Å². The van der Waals surface area contributed by atoms with Crippen LogP contribution in [0.1, 0.15) is 23.7 Å². The van der Waals surface area contributed by atoms with Crippen molar-refractivity contribution in [3.05, 3.63) is 29.0 Å². The van der Waals surface area contributed by atoms with Gasteiger partial charge in [-0.3, -0.25) is 0 Å². The number of aromatic nitrogens is 1. The number of hydrogen-bond donors (Lipinski definition) is 1. The summed E-state index contributed by atoms with van der Waals surface area (Å²) >= 11 is 0. The molecule has 0 saturated carbocycles. The molecular weight excluding hydrogens is 252 g/mol. The summed E-state index contributed by atoms with van der Waals surface area (Å²) < 4.78 is 11.1. The van der Waals surface area contributed by atoms with Gasteiger partial charge in [0.25, 0.3) is 0 Å².